The molecule has 1 amide bonds. The monoisotopic (exact) mass is 406 g/mol. The number of nitrogens with zero attached hydrogens (tertiary/aromatic N) is 2. The Morgan fingerprint density at radius 2 is 1.83 bits per heavy atom. The lowest BCUT2D eigenvalue weighted by Gasteiger charge is -2.22. The van der Waals surface area contributed by atoms with E-state index in [0.717, 1.165) is 25.9 Å². The van der Waals surface area contributed by atoms with Crippen molar-refractivity contribution in [3.63, 3.8) is 0 Å². The molecule has 29 heavy (non-hydrogen) atoms. The van der Waals surface area contributed by atoms with Crippen LogP contribution in [0.25, 0.3) is 11.1 Å². The van der Waals surface area contributed by atoms with Gasteiger partial charge in [-0.25, -0.2) is 18.7 Å². The first-order valence-electron chi connectivity index (χ1n) is 9.62. The number of hydrogen-bond donors (Lipinski definition) is 3. The number of aliphatic hydroxyl groups excluding tert-OH is 1. The minimum absolute atomic E-state index is 0.0330. The molecule has 0 unspecified atom stereocenters. The molecule has 1 aliphatic heterocycles. The van der Waals surface area contributed by atoms with E-state index in [1.54, 1.807) is 0 Å². The average Bonchev–Trinajstić information content (AvgIpc) is 2.74. The van der Waals surface area contributed by atoms with Crippen LogP contribution in [0.4, 0.5) is 8.78 Å². The molecular formula is C20H24F2N4O3. The summed E-state index contributed by atoms with van der Waals surface area (Å²) < 4.78 is 34.3. The number of carbonyl (C=O) groups is 1. The van der Waals surface area contributed by atoms with E-state index >= 15 is 0 Å². The molecule has 1 aromatic carbocycles. The maximum absolute atomic E-state index is 14.4. The Labute approximate surface area is 167 Å². The summed E-state index contributed by atoms with van der Waals surface area (Å²) in [7, 11) is 0. The van der Waals surface area contributed by atoms with Crippen LogP contribution in [0.1, 0.15) is 29.9 Å². The van der Waals surface area contributed by atoms with Gasteiger partial charge in [0, 0.05) is 31.1 Å². The number of piperidine rings is 1. The number of ether oxygens (including phenoxy) is 1. The van der Waals surface area contributed by atoms with Gasteiger partial charge in [0.25, 0.3) is 5.91 Å². The third kappa shape index (κ3) is 5.68. The van der Waals surface area contributed by atoms with Crippen LogP contribution in [0.15, 0.2) is 24.5 Å². The second kappa shape index (κ2) is 10.2. The highest BCUT2D eigenvalue weighted by atomic mass is 19.1. The fourth-order valence-electron chi connectivity index (χ4n) is 3.07. The summed E-state index contributed by atoms with van der Waals surface area (Å²) >= 11 is 0. The van der Waals surface area contributed by atoms with Crippen molar-refractivity contribution in [2.45, 2.75) is 19.3 Å². The van der Waals surface area contributed by atoms with E-state index in [1.807, 2.05) is 0 Å². The third-order valence-electron chi connectivity index (χ3n) is 4.73. The van der Waals surface area contributed by atoms with Gasteiger partial charge >= 0.3 is 0 Å². The van der Waals surface area contributed by atoms with Crippen molar-refractivity contribution >= 4 is 5.91 Å². The Balaban J connectivity index is 1.66. The van der Waals surface area contributed by atoms with Crippen molar-refractivity contribution in [2.24, 2.45) is 5.92 Å². The number of aliphatic hydroxyl groups is 1. The van der Waals surface area contributed by atoms with Gasteiger partial charge in [-0.1, -0.05) is 0 Å². The molecule has 1 aliphatic rings. The highest BCUT2D eigenvalue weighted by molar-refractivity contribution is 5.90. The van der Waals surface area contributed by atoms with Crippen LogP contribution in [-0.2, 0) is 0 Å². The smallest absolute Gasteiger partial charge is 0.289 e. The third-order valence-corrected chi connectivity index (χ3v) is 4.73. The Kier molecular flexibility index (Phi) is 7.42. The molecule has 0 atom stereocenters. The summed E-state index contributed by atoms with van der Waals surface area (Å²) in [5, 5.41) is 14.5. The lowest BCUT2D eigenvalue weighted by Crippen LogP contribution is -2.30. The van der Waals surface area contributed by atoms with Crippen LogP contribution in [0, 0.1) is 17.6 Å². The Bertz CT molecular complexity index is 804. The zero-order valence-corrected chi connectivity index (χ0v) is 16.0. The van der Waals surface area contributed by atoms with E-state index in [1.165, 1.54) is 24.5 Å². The molecule has 0 saturated carbocycles. The molecule has 7 nitrogen and oxygen atoms in total. The molecule has 0 bridgehead atoms. The van der Waals surface area contributed by atoms with E-state index in [9.17, 15) is 13.6 Å². The average molecular weight is 406 g/mol. The summed E-state index contributed by atoms with van der Waals surface area (Å²) in [6.07, 6.45) is 4.92. The summed E-state index contributed by atoms with van der Waals surface area (Å²) in [6.45, 7) is 2.31. The van der Waals surface area contributed by atoms with E-state index in [0.29, 0.717) is 18.5 Å². The molecule has 156 valence electrons. The zero-order chi connectivity index (χ0) is 20.6. The standard InChI is InChI=1S/C20H24F2N4O3/c21-16-8-14(9-17(22)18(16)29-12-13-2-5-23-6-3-13)15-10-25-19(26-11-15)20(28)24-4-1-7-27/h8-11,13,23,27H,1-7,12H2,(H,24,28). The number of aromatic nitrogens is 2. The van der Waals surface area contributed by atoms with Crippen LogP contribution in [0.3, 0.4) is 0 Å². The molecule has 0 radical (unpaired) electrons. The van der Waals surface area contributed by atoms with Crippen LogP contribution in [0.5, 0.6) is 5.75 Å². The first kappa shape index (κ1) is 21.1. The quantitative estimate of drug-likeness (QED) is 0.580. The zero-order valence-electron chi connectivity index (χ0n) is 16.0. The number of amides is 1. The summed E-state index contributed by atoms with van der Waals surface area (Å²) in [5.41, 5.74) is 0.626. The SMILES string of the molecule is O=C(NCCCO)c1ncc(-c2cc(F)c(OCC3CCNCC3)c(F)c2)cn1. The van der Waals surface area contributed by atoms with Crippen LogP contribution in [-0.4, -0.2) is 53.8 Å². The molecule has 0 aliphatic carbocycles. The van der Waals surface area contributed by atoms with Crippen molar-refractivity contribution < 1.29 is 23.4 Å². The predicted octanol–water partition coefficient (Wildman–Crippen LogP) is 1.91. The maximum Gasteiger partial charge on any atom is 0.289 e. The number of carbonyl (C=O) groups excluding carboxylic acids is 1. The van der Waals surface area contributed by atoms with Crippen molar-refractivity contribution in [3.05, 3.63) is 42.0 Å². The van der Waals surface area contributed by atoms with E-state index in [4.69, 9.17) is 9.84 Å². The molecule has 3 N–H and O–H groups in total. The Morgan fingerprint density at radius 3 is 2.45 bits per heavy atom. The van der Waals surface area contributed by atoms with Gasteiger partial charge < -0.3 is 20.5 Å². The molecule has 2 heterocycles. The first-order chi connectivity index (χ1) is 14.1. The Morgan fingerprint density at radius 1 is 1.17 bits per heavy atom. The number of rotatable bonds is 8. The minimum Gasteiger partial charge on any atom is -0.487 e. The minimum atomic E-state index is -0.792. The van der Waals surface area contributed by atoms with Crippen molar-refractivity contribution in [1.82, 2.24) is 20.6 Å². The number of halogens is 2. The van der Waals surface area contributed by atoms with E-state index < -0.39 is 17.5 Å². The highest BCUT2D eigenvalue weighted by Crippen LogP contribution is 2.29. The van der Waals surface area contributed by atoms with Gasteiger partial charge in [0.2, 0.25) is 5.82 Å². The van der Waals surface area contributed by atoms with Crippen molar-refractivity contribution in [3.8, 4) is 16.9 Å². The second-order valence-electron chi connectivity index (χ2n) is 6.90. The van der Waals surface area contributed by atoms with E-state index in [2.05, 4.69) is 20.6 Å². The van der Waals surface area contributed by atoms with Gasteiger partial charge in [-0.3, -0.25) is 4.79 Å². The van der Waals surface area contributed by atoms with Gasteiger partial charge in [0.15, 0.2) is 17.4 Å². The molecule has 1 saturated heterocycles. The van der Waals surface area contributed by atoms with Crippen LogP contribution in [0.2, 0.25) is 0 Å². The Hall–Kier alpha value is -2.65. The van der Waals surface area contributed by atoms with Gasteiger partial charge in [-0.2, -0.15) is 0 Å². The van der Waals surface area contributed by atoms with Crippen LogP contribution >= 0.6 is 0 Å². The number of nitrogens with one attached hydrogen (secondary N) is 2. The number of benzene rings is 1. The fraction of sp³-hybridized carbons (Fsp3) is 0.450. The highest BCUT2D eigenvalue weighted by Gasteiger charge is 2.18. The molecule has 1 aromatic heterocycles. The summed E-state index contributed by atoms with van der Waals surface area (Å²) in [4.78, 5) is 19.8. The molecule has 9 heteroatoms. The second-order valence-corrected chi connectivity index (χ2v) is 6.90. The molecule has 3 rings (SSSR count). The molecule has 1 fully saturated rings. The lowest BCUT2D eigenvalue weighted by molar-refractivity contribution is 0.0940. The van der Waals surface area contributed by atoms with Crippen molar-refractivity contribution in [2.75, 3.05) is 32.8 Å². The van der Waals surface area contributed by atoms with Gasteiger partial charge in [0.1, 0.15) is 0 Å². The lowest BCUT2D eigenvalue weighted by atomic mass is 9.99. The topological polar surface area (TPSA) is 96.4 Å². The molecule has 0 spiro atoms. The summed E-state index contributed by atoms with van der Waals surface area (Å²) in [6, 6.07) is 2.33. The molecule has 2 aromatic rings. The van der Waals surface area contributed by atoms with Gasteiger partial charge in [0.05, 0.1) is 6.61 Å². The van der Waals surface area contributed by atoms with Crippen LogP contribution < -0.4 is 15.4 Å². The van der Waals surface area contributed by atoms with Gasteiger partial charge in [-0.05, 0) is 56.0 Å². The first-order valence-corrected chi connectivity index (χ1v) is 9.62. The maximum atomic E-state index is 14.4. The molecular weight excluding hydrogens is 382 g/mol. The summed E-state index contributed by atoms with van der Waals surface area (Å²) in [5.74, 6) is -2.23. The number of hydrogen-bond acceptors (Lipinski definition) is 6. The normalized spacial score (nSPS) is 14.6. The van der Waals surface area contributed by atoms with Gasteiger partial charge in [-0.15, -0.1) is 0 Å². The fourth-order valence-corrected chi connectivity index (χ4v) is 3.07. The van der Waals surface area contributed by atoms with Crippen molar-refractivity contribution in [1.29, 1.82) is 0 Å². The largest absolute Gasteiger partial charge is 0.487 e. The van der Waals surface area contributed by atoms with E-state index in [-0.39, 0.29) is 36.3 Å². The predicted molar refractivity (Wildman–Crippen MR) is 103 cm³/mol.